The lowest BCUT2D eigenvalue weighted by Gasteiger charge is -2.36. The van der Waals surface area contributed by atoms with Crippen molar-refractivity contribution in [2.75, 3.05) is 38.8 Å². The van der Waals surface area contributed by atoms with Gasteiger partial charge in [-0.2, -0.15) is 5.10 Å². The first-order valence-electron chi connectivity index (χ1n) is 8.55. The molecule has 7 heteroatoms. The Bertz CT molecular complexity index is 563. The summed E-state index contributed by atoms with van der Waals surface area (Å²) >= 11 is 0. The highest BCUT2D eigenvalue weighted by Crippen LogP contribution is 2.33. The Morgan fingerprint density at radius 1 is 1.33 bits per heavy atom. The van der Waals surface area contributed by atoms with Crippen LogP contribution >= 0.6 is 0 Å². The van der Waals surface area contributed by atoms with E-state index in [1.165, 1.54) is 4.90 Å². The molecule has 1 aromatic rings. The van der Waals surface area contributed by atoms with Crippen LogP contribution < -0.4 is 4.90 Å². The summed E-state index contributed by atoms with van der Waals surface area (Å²) in [5.74, 6) is 0.914. The summed E-state index contributed by atoms with van der Waals surface area (Å²) in [6.45, 7) is 3.48. The standard InChI is InChI=1S/C17H26N4O3/c1-12-4-7-16(19-18-12)21-9-8-15-14(21)6-5-13(24-15)10-23-11-17(22)20(2)3/h4,7,13-15H,5-6,8-11H2,1-3H3/t13-,14-,15-/m0/s1. The molecule has 0 radical (unpaired) electrons. The van der Waals surface area contributed by atoms with Gasteiger partial charge in [0.15, 0.2) is 5.82 Å². The Hall–Kier alpha value is -1.73. The number of rotatable bonds is 5. The number of aromatic nitrogens is 2. The van der Waals surface area contributed by atoms with Crippen LogP contribution in [-0.2, 0) is 14.3 Å². The molecule has 3 atom stereocenters. The highest BCUT2D eigenvalue weighted by molar-refractivity contribution is 5.76. The van der Waals surface area contributed by atoms with Gasteiger partial charge in [-0.1, -0.05) is 0 Å². The zero-order chi connectivity index (χ0) is 17.1. The molecule has 0 N–H and O–H groups in total. The Balaban J connectivity index is 1.50. The molecule has 7 nitrogen and oxygen atoms in total. The maximum absolute atomic E-state index is 11.5. The molecule has 3 heterocycles. The van der Waals surface area contributed by atoms with Crippen LogP contribution in [0.2, 0.25) is 0 Å². The number of nitrogens with zero attached hydrogens (tertiary/aromatic N) is 4. The van der Waals surface area contributed by atoms with Crippen molar-refractivity contribution in [3.05, 3.63) is 17.8 Å². The van der Waals surface area contributed by atoms with Crippen LogP contribution in [0, 0.1) is 6.92 Å². The SMILES string of the molecule is Cc1ccc(N2CC[C@@H]3O[C@H](COCC(=O)N(C)C)CC[C@@H]32)nn1. The van der Waals surface area contributed by atoms with Crippen molar-refractivity contribution in [3.63, 3.8) is 0 Å². The van der Waals surface area contributed by atoms with E-state index in [0.29, 0.717) is 12.6 Å². The summed E-state index contributed by atoms with van der Waals surface area (Å²) in [7, 11) is 3.46. The van der Waals surface area contributed by atoms with Gasteiger partial charge in [0.05, 0.1) is 30.6 Å². The van der Waals surface area contributed by atoms with Crippen molar-refractivity contribution < 1.29 is 14.3 Å². The summed E-state index contributed by atoms with van der Waals surface area (Å²) in [5, 5.41) is 8.47. The summed E-state index contributed by atoms with van der Waals surface area (Å²) < 4.78 is 11.7. The fourth-order valence-electron chi connectivity index (χ4n) is 3.36. The van der Waals surface area contributed by atoms with Crippen LogP contribution in [0.4, 0.5) is 5.82 Å². The second kappa shape index (κ2) is 7.44. The molecule has 2 aliphatic heterocycles. The number of fused-ring (bicyclic) bond motifs is 1. The van der Waals surface area contributed by atoms with E-state index in [9.17, 15) is 4.79 Å². The molecular weight excluding hydrogens is 308 g/mol. The largest absolute Gasteiger partial charge is 0.370 e. The van der Waals surface area contributed by atoms with Crippen molar-refractivity contribution in [3.8, 4) is 0 Å². The van der Waals surface area contributed by atoms with Gasteiger partial charge in [0.2, 0.25) is 5.91 Å². The molecule has 2 fully saturated rings. The quantitative estimate of drug-likeness (QED) is 0.801. The van der Waals surface area contributed by atoms with Crippen LogP contribution in [0.15, 0.2) is 12.1 Å². The minimum Gasteiger partial charge on any atom is -0.370 e. The van der Waals surface area contributed by atoms with Crippen molar-refractivity contribution in [2.24, 2.45) is 0 Å². The molecule has 0 aliphatic carbocycles. The Morgan fingerprint density at radius 2 is 2.17 bits per heavy atom. The Morgan fingerprint density at radius 3 is 2.88 bits per heavy atom. The number of ether oxygens (including phenoxy) is 2. The van der Waals surface area contributed by atoms with E-state index in [4.69, 9.17) is 9.47 Å². The molecule has 0 unspecified atom stereocenters. The van der Waals surface area contributed by atoms with Crippen LogP contribution in [-0.4, -0.2) is 73.1 Å². The number of aryl methyl sites for hydroxylation is 1. The third kappa shape index (κ3) is 3.84. The van der Waals surface area contributed by atoms with Crippen molar-refractivity contribution in [2.45, 2.75) is 44.4 Å². The van der Waals surface area contributed by atoms with E-state index in [1.54, 1.807) is 14.1 Å². The molecule has 1 amide bonds. The maximum atomic E-state index is 11.5. The van der Waals surface area contributed by atoms with Gasteiger partial charge in [0.1, 0.15) is 6.61 Å². The van der Waals surface area contributed by atoms with Gasteiger partial charge in [-0.15, -0.1) is 5.10 Å². The van der Waals surface area contributed by atoms with Crippen LogP contribution in [0.1, 0.15) is 25.0 Å². The van der Waals surface area contributed by atoms with E-state index in [1.807, 2.05) is 19.1 Å². The van der Waals surface area contributed by atoms with E-state index < -0.39 is 0 Å². The van der Waals surface area contributed by atoms with Crippen molar-refractivity contribution >= 4 is 11.7 Å². The third-order valence-corrected chi connectivity index (χ3v) is 4.74. The number of anilines is 1. The first-order chi connectivity index (χ1) is 11.5. The fraction of sp³-hybridized carbons (Fsp3) is 0.706. The van der Waals surface area contributed by atoms with Gasteiger partial charge in [0.25, 0.3) is 0 Å². The molecule has 0 spiro atoms. The molecular formula is C17H26N4O3. The van der Waals surface area contributed by atoms with Crippen molar-refractivity contribution in [1.82, 2.24) is 15.1 Å². The minimum absolute atomic E-state index is 0.0197. The van der Waals surface area contributed by atoms with Gasteiger partial charge < -0.3 is 19.3 Å². The predicted molar refractivity (Wildman–Crippen MR) is 89.9 cm³/mol. The summed E-state index contributed by atoms with van der Waals surface area (Å²) in [6.07, 6.45) is 3.27. The smallest absolute Gasteiger partial charge is 0.248 e. The predicted octanol–water partition coefficient (Wildman–Crippen LogP) is 1.02. The Labute approximate surface area is 142 Å². The second-order valence-corrected chi connectivity index (χ2v) is 6.76. The fourth-order valence-corrected chi connectivity index (χ4v) is 3.36. The van der Waals surface area contributed by atoms with Gasteiger partial charge in [-0.3, -0.25) is 4.79 Å². The molecule has 0 saturated carbocycles. The molecule has 3 rings (SSSR count). The summed E-state index contributed by atoms with van der Waals surface area (Å²) in [5.41, 5.74) is 0.930. The summed E-state index contributed by atoms with van der Waals surface area (Å²) in [6, 6.07) is 4.39. The van der Waals surface area contributed by atoms with Gasteiger partial charge in [-0.25, -0.2) is 0 Å². The number of hydrogen-bond acceptors (Lipinski definition) is 6. The van der Waals surface area contributed by atoms with Gasteiger partial charge in [0, 0.05) is 20.6 Å². The van der Waals surface area contributed by atoms with Crippen LogP contribution in [0.5, 0.6) is 0 Å². The highest BCUT2D eigenvalue weighted by atomic mass is 16.5. The molecule has 24 heavy (non-hydrogen) atoms. The van der Waals surface area contributed by atoms with E-state index in [2.05, 4.69) is 15.1 Å². The average Bonchev–Trinajstić information content (AvgIpc) is 2.98. The van der Waals surface area contributed by atoms with Gasteiger partial charge in [-0.05, 0) is 38.3 Å². The van der Waals surface area contributed by atoms with Crippen LogP contribution in [0.3, 0.4) is 0 Å². The second-order valence-electron chi connectivity index (χ2n) is 6.76. The van der Waals surface area contributed by atoms with E-state index in [-0.39, 0.29) is 24.7 Å². The lowest BCUT2D eigenvalue weighted by Crippen LogP contribution is -2.44. The minimum atomic E-state index is -0.0197. The first kappa shape index (κ1) is 17.1. The average molecular weight is 334 g/mol. The number of amides is 1. The molecule has 2 aliphatic rings. The summed E-state index contributed by atoms with van der Waals surface area (Å²) in [4.78, 5) is 15.4. The topological polar surface area (TPSA) is 67.8 Å². The molecule has 132 valence electrons. The Kier molecular flexibility index (Phi) is 5.30. The zero-order valence-corrected chi connectivity index (χ0v) is 14.6. The number of hydrogen-bond donors (Lipinski definition) is 0. The first-order valence-corrected chi connectivity index (χ1v) is 8.55. The molecule has 2 saturated heterocycles. The lowest BCUT2D eigenvalue weighted by atomic mass is 9.99. The van der Waals surface area contributed by atoms with E-state index >= 15 is 0 Å². The third-order valence-electron chi connectivity index (χ3n) is 4.74. The number of carbonyl (C=O) groups excluding carboxylic acids is 1. The number of carbonyl (C=O) groups is 1. The molecule has 0 bridgehead atoms. The highest BCUT2D eigenvalue weighted by Gasteiger charge is 2.40. The van der Waals surface area contributed by atoms with Crippen molar-refractivity contribution in [1.29, 1.82) is 0 Å². The molecule has 0 aromatic carbocycles. The van der Waals surface area contributed by atoms with E-state index in [0.717, 1.165) is 37.3 Å². The lowest BCUT2D eigenvalue weighted by molar-refractivity contribution is -0.137. The monoisotopic (exact) mass is 334 g/mol. The molecule has 1 aromatic heterocycles. The maximum Gasteiger partial charge on any atom is 0.248 e. The zero-order valence-electron chi connectivity index (χ0n) is 14.6. The number of likely N-dealkylation sites (N-methyl/N-ethyl adjacent to an activating group) is 1. The normalized spacial score (nSPS) is 26.3. The van der Waals surface area contributed by atoms with Gasteiger partial charge >= 0.3 is 0 Å². The van der Waals surface area contributed by atoms with Crippen LogP contribution in [0.25, 0.3) is 0 Å².